The Kier molecular flexibility index (Phi) is 6.84. The quantitative estimate of drug-likeness (QED) is 0.518. The number of hydrogen-bond acceptors (Lipinski definition) is 8. The van der Waals surface area contributed by atoms with E-state index in [2.05, 4.69) is 20.6 Å². The second-order valence-electron chi connectivity index (χ2n) is 6.49. The van der Waals surface area contributed by atoms with E-state index in [1.54, 1.807) is 50.6 Å². The van der Waals surface area contributed by atoms with Crippen LogP contribution in [0.4, 0.5) is 23.1 Å². The van der Waals surface area contributed by atoms with Gasteiger partial charge in [0.25, 0.3) is 0 Å². The zero-order chi connectivity index (χ0) is 22.6. The summed E-state index contributed by atoms with van der Waals surface area (Å²) in [6, 6.07) is 11.8. The molecule has 0 spiro atoms. The predicted octanol–water partition coefficient (Wildman–Crippen LogP) is 3.88. The molecule has 9 nitrogen and oxygen atoms in total. The van der Waals surface area contributed by atoms with Crippen molar-refractivity contribution in [3.63, 3.8) is 0 Å². The number of nitrogens with zero attached hydrogens (tertiary/aromatic N) is 3. The van der Waals surface area contributed by atoms with Crippen LogP contribution in [0.1, 0.15) is 0 Å². The Morgan fingerprint density at radius 2 is 1.74 bits per heavy atom. The Morgan fingerprint density at radius 3 is 2.42 bits per heavy atom. The number of halogens is 1. The van der Waals surface area contributed by atoms with Crippen molar-refractivity contribution in [1.82, 2.24) is 14.3 Å². The number of anilines is 4. The minimum atomic E-state index is -3.68. The lowest BCUT2D eigenvalue weighted by atomic mass is 10.2. The third-order valence-electron chi connectivity index (χ3n) is 4.30. The average molecular weight is 464 g/mol. The molecule has 0 atom stereocenters. The van der Waals surface area contributed by atoms with E-state index in [9.17, 15) is 8.42 Å². The smallest absolute Gasteiger partial charge is 0.244 e. The predicted molar refractivity (Wildman–Crippen MR) is 120 cm³/mol. The maximum atomic E-state index is 12.6. The summed E-state index contributed by atoms with van der Waals surface area (Å²) in [5, 5.41) is 6.28. The zero-order valence-electron chi connectivity index (χ0n) is 17.4. The van der Waals surface area contributed by atoms with Gasteiger partial charge in [0.1, 0.15) is 21.4 Å². The SMILES string of the molecule is COc1ccc(OC)c(Nc2ncc(Cl)c(Nc3ccccc3S(=O)(=O)N(C)C)n2)c1. The maximum Gasteiger partial charge on any atom is 0.244 e. The molecule has 1 heterocycles. The molecule has 11 heteroatoms. The minimum Gasteiger partial charge on any atom is -0.497 e. The number of ether oxygens (including phenoxy) is 2. The van der Waals surface area contributed by atoms with Crippen molar-refractivity contribution in [2.24, 2.45) is 0 Å². The van der Waals surface area contributed by atoms with Crippen molar-refractivity contribution < 1.29 is 17.9 Å². The number of rotatable bonds is 8. The molecule has 1 aromatic heterocycles. The lowest BCUT2D eigenvalue weighted by molar-refractivity contribution is 0.405. The van der Waals surface area contributed by atoms with Crippen molar-refractivity contribution in [1.29, 1.82) is 0 Å². The Balaban J connectivity index is 1.96. The largest absolute Gasteiger partial charge is 0.497 e. The van der Waals surface area contributed by atoms with Crippen LogP contribution in [0.15, 0.2) is 53.6 Å². The lowest BCUT2D eigenvalue weighted by Gasteiger charge is -2.17. The van der Waals surface area contributed by atoms with Crippen molar-refractivity contribution >= 4 is 44.8 Å². The van der Waals surface area contributed by atoms with Gasteiger partial charge in [0.2, 0.25) is 16.0 Å². The molecule has 0 aliphatic rings. The first kappa shape index (κ1) is 22.6. The van der Waals surface area contributed by atoms with E-state index in [1.807, 2.05) is 0 Å². The van der Waals surface area contributed by atoms with Crippen LogP contribution in [0.25, 0.3) is 0 Å². The van der Waals surface area contributed by atoms with Gasteiger partial charge in [0.15, 0.2) is 5.82 Å². The van der Waals surface area contributed by atoms with E-state index in [0.717, 1.165) is 4.31 Å². The summed E-state index contributed by atoms with van der Waals surface area (Å²) < 4.78 is 37.0. The molecule has 31 heavy (non-hydrogen) atoms. The summed E-state index contributed by atoms with van der Waals surface area (Å²) in [6.07, 6.45) is 1.41. The highest BCUT2D eigenvalue weighted by molar-refractivity contribution is 7.89. The number of nitrogens with one attached hydrogen (secondary N) is 2. The number of para-hydroxylation sites is 1. The molecule has 0 aliphatic carbocycles. The average Bonchev–Trinajstić information content (AvgIpc) is 2.76. The minimum absolute atomic E-state index is 0.0960. The molecule has 2 aromatic carbocycles. The van der Waals surface area contributed by atoms with Gasteiger partial charge in [-0.1, -0.05) is 23.7 Å². The van der Waals surface area contributed by atoms with E-state index < -0.39 is 10.0 Å². The van der Waals surface area contributed by atoms with Gasteiger partial charge in [-0.05, 0) is 24.3 Å². The number of aromatic nitrogens is 2. The van der Waals surface area contributed by atoms with Crippen LogP contribution in [0.5, 0.6) is 11.5 Å². The Labute approximate surface area is 186 Å². The summed E-state index contributed by atoms with van der Waals surface area (Å²) in [5.41, 5.74) is 0.924. The highest BCUT2D eigenvalue weighted by atomic mass is 35.5. The molecule has 0 radical (unpaired) electrons. The van der Waals surface area contributed by atoms with Crippen molar-refractivity contribution in [3.05, 3.63) is 53.7 Å². The van der Waals surface area contributed by atoms with Gasteiger partial charge in [-0.15, -0.1) is 0 Å². The highest BCUT2D eigenvalue weighted by Crippen LogP contribution is 2.33. The van der Waals surface area contributed by atoms with Crippen LogP contribution in [-0.2, 0) is 10.0 Å². The molecule has 164 valence electrons. The third kappa shape index (κ3) is 4.98. The standard InChI is InChI=1S/C20H22ClN5O4S/c1-26(2)31(27,28)18-8-6-5-7-15(18)23-19-14(21)12-22-20(25-19)24-16-11-13(29-3)9-10-17(16)30-4/h5-12H,1-4H3,(H2,22,23,24,25). The van der Waals surface area contributed by atoms with Crippen LogP contribution in [-0.4, -0.2) is 51.0 Å². The first-order chi connectivity index (χ1) is 14.8. The number of benzene rings is 2. The molecule has 0 saturated carbocycles. The van der Waals surface area contributed by atoms with Crippen LogP contribution < -0.4 is 20.1 Å². The first-order valence-electron chi connectivity index (χ1n) is 9.06. The number of hydrogen-bond donors (Lipinski definition) is 2. The molecule has 3 aromatic rings. The van der Waals surface area contributed by atoms with Gasteiger partial charge < -0.3 is 20.1 Å². The number of sulfonamides is 1. The lowest BCUT2D eigenvalue weighted by Crippen LogP contribution is -2.23. The summed E-state index contributed by atoms with van der Waals surface area (Å²) in [6.45, 7) is 0. The molecule has 0 unspecified atom stereocenters. The summed E-state index contributed by atoms with van der Waals surface area (Å²) in [7, 11) is 2.36. The van der Waals surface area contributed by atoms with Crippen molar-refractivity contribution in [3.8, 4) is 11.5 Å². The van der Waals surface area contributed by atoms with E-state index in [-0.39, 0.29) is 21.7 Å². The third-order valence-corrected chi connectivity index (χ3v) is 6.45. The highest BCUT2D eigenvalue weighted by Gasteiger charge is 2.21. The molecule has 3 rings (SSSR count). The monoisotopic (exact) mass is 463 g/mol. The van der Waals surface area contributed by atoms with E-state index in [4.69, 9.17) is 21.1 Å². The second kappa shape index (κ2) is 9.38. The fraction of sp³-hybridized carbons (Fsp3) is 0.200. The fourth-order valence-corrected chi connectivity index (χ4v) is 3.85. The number of methoxy groups -OCH3 is 2. The second-order valence-corrected chi connectivity index (χ2v) is 9.02. The molecular weight excluding hydrogens is 442 g/mol. The first-order valence-corrected chi connectivity index (χ1v) is 10.9. The van der Waals surface area contributed by atoms with Crippen LogP contribution in [0.3, 0.4) is 0 Å². The van der Waals surface area contributed by atoms with Gasteiger partial charge in [-0.2, -0.15) is 4.98 Å². The summed E-state index contributed by atoms with van der Waals surface area (Å²) in [4.78, 5) is 8.68. The van der Waals surface area contributed by atoms with Gasteiger partial charge in [0, 0.05) is 20.2 Å². The Hall–Kier alpha value is -3.08. The zero-order valence-corrected chi connectivity index (χ0v) is 19.0. The molecule has 0 saturated heterocycles. The Morgan fingerprint density at radius 1 is 1.00 bits per heavy atom. The molecule has 0 aliphatic heterocycles. The van der Waals surface area contributed by atoms with Gasteiger partial charge in [-0.25, -0.2) is 17.7 Å². The van der Waals surface area contributed by atoms with E-state index in [1.165, 1.54) is 26.4 Å². The van der Waals surface area contributed by atoms with Gasteiger partial charge >= 0.3 is 0 Å². The molecule has 2 N–H and O–H groups in total. The van der Waals surface area contributed by atoms with Gasteiger partial charge in [0.05, 0.1) is 31.8 Å². The summed E-state index contributed by atoms with van der Waals surface area (Å²) >= 11 is 6.26. The molecular formula is C20H22ClN5O4S. The van der Waals surface area contributed by atoms with Gasteiger partial charge in [-0.3, -0.25) is 0 Å². The van der Waals surface area contributed by atoms with Crippen molar-refractivity contribution in [2.75, 3.05) is 38.9 Å². The molecule has 0 amide bonds. The van der Waals surface area contributed by atoms with E-state index >= 15 is 0 Å². The fourth-order valence-electron chi connectivity index (χ4n) is 2.67. The topological polar surface area (TPSA) is 106 Å². The summed E-state index contributed by atoms with van der Waals surface area (Å²) in [5.74, 6) is 1.66. The van der Waals surface area contributed by atoms with Crippen LogP contribution in [0, 0.1) is 0 Å². The Bertz CT molecular complexity index is 1190. The van der Waals surface area contributed by atoms with Crippen molar-refractivity contribution in [2.45, 2.75) is 4.90 Å². The maximum absolute atomic E-state index is 12.6. The molecule has 0 fully saturated rings. The normalized spacial score (nSPS) is 11.3. The molecule has 0 bridgehead atoms. The van der Waals surface area contributed by atoms with Crippen LogP contribution in [0.2, 0.25) is 5.02 Å². The van der Waals surface area contributed by atoms with E-state index in [0.29, 0.717) is 22.9 Å². The van der Waals surface area contributed by atoms with Crippen LogP contribution >= 0.6 is 11.6 Å².